The normalized spacial score (nSPS) is 11.1. The molecule has 3 aromatic rings. The molecule has 0 fully saturated rings. The lowest BCUT2D eigenvalue weighted by molar-refractivity contribution is 0.819. The molecule has 0 radical (unpaired) electrons. The van der Waals surface area contributed by atoms with Crippen molar-refractivity contribution in [3.05, 3.63) is 47.5 Å². The topological polar surface area (TPSA) is 69.1 Å². The van der Waals surface area contributed by atoms with Crippen LogP contribution in [0.3, 0.4) is 0 Å². The van der Waals surface area contributed by atoms with E-state index in [1.807, 2.05) is 30.3 Å². The van der Waals surface area contributed by atoms with E-state index in [1.54, 1.807) is 4.52 Å². The molecule has 0 atom stereocenters. The first-order valence-electron chi connectivity index (χ1n) is 5.95. The summed E-state index contributed by atoms with van der Waals surface area (Å²) in [5, 5.41) is 4.62. The summed E-state index contributed by atoms with van der Waals surface area (Å²) in [6.45, 7) is 0.509. The first kappa shape index (κ1) is 12.1. The van der Waals surface area contributed by atoms with E-state index in [9.17, 15) is 0 Å². The smallest absolute Gasteiger partial charge is 0.253 e. The van der Waals surface area contributed by atoms with Crippen LogP contribution in [0.4, 0.5) is 0 Å². The maximum Gasteiger partial charge on any atom is 0.253 e. The molecule has 96 valence electrons. The lowest BCUT2D eigenvalue weighted by Crippen LogP contribution is -2.11. The second-order valence-electron chi connectivity index (χ2n) is 4.10. The predicted octanol–water partition coefficient (Wildman–Crippen LogP) is 1.95. The fraction of sp³-hybridized carbons (Fsp3) is 0.154. The molecule has 0 aliphatic rings. The Hall–Kier alpha value is -1.98. The average Bonchev–Trinajstić information content (AvgIpc) is 2.88. The molecular weight excluding hydrogens is 262 g/mol. The van der Waals surface area contributed by atoms with E-state index < -0.39 is 0 Å². The molecule has 2 aromatic heterocycles. The molecule has 2 heterocycles. The van der Waals surface area contributed by atoms with E-state index in [0.29, 0.717) is 23.9 Å². The number of fused-ring (bicyclic) bond motifs is 1. The monoisotopic (exact) mass is 273 g/mol. The predicted molar refractivity (Wildman–Crippen MR) is 74.0 cm³/mol. The molecule has 0 bridgehead atoms. The Morgan fingerprint density at radius 1 is 1.21 bits per heavy atom. The van der Waals surface area contributed by atoms with E-state index in [1.165, 1.54) is 6.33 Å². The molecule has 0 aliphatic heterocycles. The van der Waals surface area contributed by atoms with Gasteiger partial charge in [0, 0.05) is 12.0 Å². The molecule has 0 spiro atoms. The van der Waals surface area contributed by atoms with Crippen molar-refractivity contribution in [3.8, 4) is 11.1 Å². The van der Waals surface area contributed by atoms with Gasteiger partial charge in [0.1, 0.15) is 11.5 Å². The summed E-state index contributed by atoms with van der Waals surface area (Å²) in [5.41, 5.74) is 8.49. The molecule has 19 heavy (non-hydrogen) atoms. The number of nitrogens with zero attached hydrogens (tertiary/aromatic N) is 4. The standard InChI is InChI=1S/C13H12ClN5/c14-12-11(9-4-2-1-3-5-9)10(6-7-15)19-13(18-12)16-8-17-19/h1-5,8H,6-7,15H2. The van der Waals surface area contributed by atoms with Crippen LogP contribution in [0.2, 0.25) is 5.15 Å². The SMILES string of the molecule is NCCc1c(-c2ccccc2)c(Cl)nc2ncnn12. The van der Waals surface area contributed by atoms with Gasteiger partial charge in [-0.3, -0.25) is 0 Å². The second-order valence-corrected chi connectivity index (χ2v) is 4.46. The third kappa shape index (κ3) is 2.07. The van der Waals surface area contributed by atoms with Gasteiger partial charge in [0.05, 0.1) is 5.69 Å². The quantitative estimate of drug-likeness (QED) is 0.741. The molecule has 0 unspecified atom stereocenters. The largest absolute Gasteiger partial charge is 0.330 e. The van der Waals surface area contributed by atoms with Crippen molar-refractivity contribution in [2.75, 3.05) is 6.54 Å². The molecular formula is C13H12ClN5. The Kier molecular flexibility index (Phi) is 3.15. The number of aromatic nitrogens is 4. The fourth-order valence-corrected chi connectivity index (χ4v) is 2.42. The third-order valence-corrected chi connectivity index (χ3v) is 3.20. The molecule has 0 saturated carbocycles. The van der Waals surface area contributed by atoms with E-state index >= 15 is 0 Å². The van der Waals surface area contributed by atoms with E-state index in [-0.39, 0.29) is 0 Å². The zero-order chi connectivity index (χ0) is 13.2. The first-order valence-corrected chi connectivity index (χ1v) is 6.32. The Morgan fingerprint density at radius 2 is 2.00 bits per heavy atom. The summed E-state index contributed by atoms with van der Waals surface area (Å²) in [5.74, 6) is 0.494. The highest BCUT2D eigenvalue weighted by Gasteiger charge is 2.16. The summed E-state index contributed by atoms with van der Waals surface area (Å²) < 4.78 is 1.70. The van der Waals surface area contributed by atoms with Crippen LogP contribution >= 0.6 is 11.6 Å². The van der Waals surface area contributed by atoms with Gasteiger partial charge < -0.3 is 5.73 Å². The van der Waals surface area contributed by atoms with Gasteiger partial charge in [0.25, 0.3) is 5.78 Å². The van der Waals surface area contributed by atoms with Crippen molar-refractivity contribution < 1.29 is 0 Å². The van der Waals surface area contributed by atoms with Crippen molar-refractivity contribution in [1.29, 1.82) is 0 Å². The van der Waals surface area contributed by atoms with Gasteiger partial charge in [0.2, 0.25) is 0 Å². The number of benzene rings is 1. The van der Waals surface area contributed by atoms with E-state index in [2.05, 4.69) is 15.1 Å². The third-order valence-electron chi connectivity index (χ3n) is 2.92. The minimum atomic E-state index is 0.426. The number of hydrogen-bond acceptors (Lipinski definition) is 4. The summed E-state index contributed by atoms with van der Waals surface area (Å²) in [6, 6.07) is 9.87. The number of hydrogen-bond donors (Lipinski definition) is 1. The van der Waals surface area contributed by atoms with Gasteiger partial charge in [-0.25, -0.2) is 4.52 Å². The number of halogens is 1. The molecule has 3 rings (SSSR count). The van der Waals surface area contributed by atoms with Crippen LogP contribution in [-0.4, -0.2) is 26.1 Å². The minimum Gasteiger partial charge on any atom is -0.330 e. The summed E-state index contributed by atoms with van der Waals surface area (Å²) in [7, 11) is 0. The molecule has 2 N–H and O–H groups in total. The maximum absolute atomic E-state index is 6.30. The van der Waals surface area contributed by atoms with Crippen molar-refractivity contribution >= 4 is 17.4 Å². The highest BCUT2D eigenvalue weighted by Crippen LogP contribution is 2.30. The van der Waals surface area contributed by atoms with Gasteiger partial charge in [-0.05, 0) is 12.1 Å². The highest BCUT2D eigenvalue weighted by atomic mass is 35.5. The number of nitrogens with two attached hydrogens (primary N) is 1. The molecule has 0 amide bonds. The summed E-state index contributed by atoms with van der Waals surface area (Å²) in [4.78, 5) is 8.34. The van der Waals surface area contributed by atoms with Crippen molar-refractivity contribution in [2.45, 2.75) is 6.42 Å². The highest BCUT2D eigenvalue weighted by molar-refractivity contribution is 6.32. The number of rotatable bonds is 3. The van der Waals surface area contributed by atoms with Crippen LogP contribution in [0, 0.1) is 0 Å². The lowest BCUT2D eigenvalue weighted by atomic mass is 10.0. The van der Waals surface area contributed by atoms with Crippen molar-refractivity contribution in [1.82, 2.24) is 19.6 Å². The van der Waals surface area contributed by atoms with Crippen LogP contribution in [0.25, 0.3) is 16.9 Å². The molecule has 6 heteroatoms. The summed E-state index contributed by atoms with van der Waals surface area (Å²) >= 11 is 6.30. The molecule has 0 aliphatic carbocycles. The van der Waals surface area contributed by atoms with Gasteiger partial charge >= 0.3 is 0 Å². The maximum atomic E-state index is 6.30. The molecule has 1 aromatic carbocycles. The second kappa shape index (κ2) is 4.95. The Labute approximate surface area is 115 Å². The fourth-order valence-electron chi connectivity index (χ4n) is 2.13. The van der Waals surface area contributed by atoms with Crippen LogP contribution in [0.5, 0.6) is 0 Å². The Balaban J connectivity index is 2.33. The van der Waals surface area contributed by atoms with Gasteiger partial charge in [-0.15, -0.1) is 0 Å². The van der Waals surface area contributed by atoms with Crippen LogP contribution < -0.4 is 5.73 Å². The zero-order valence-electron chi connectivity index (χ0n) is 10.1. The molecule has 0 saturated heterocycles. The molecule has 5 nitrogen and oxygen atoms in total. The van der Waals surface area contributed by atoms with Crippen LogP contribution in [-0.2, 0) is 6.42 Å². The first-order chi connectivity index (χ1) is 9.31. The van der Waals surface area contributed by atoms with E-state index in [0.717, 1.165) is 16.8 Å². The van der Waals surface area contributed by atoms with Crippen molar-refractivity contribution in [2.24, 2.45) is 5.73 Å². The van der Waals surface area contributed by atoms with Crippen molar-refractivity contribution in [3.63, 3.8) is 0 Å². The minimum absolute atomic E-state index is 0.426. The van der Waals surface area contributed by atoms with Gasteiger partial charge in [-0.1, -0.05) is 41.9 Å². The Bertz CT molecular complexity index is 708. The van der Waals surface area contributed by atoms with Crippen LogP contribution in [0.1, 0.15) is 5.69 Å². The summed E-state index contributed by atoms with van der Waals surface area (Å²) in [6.07, 6.45) is 2.12. The van der Waals surface area contributed by atoms with Gasteiger partial charge in [-0.2, -0.15) is 15.1 Å². The Morgan fingerprint density at radius 3 is 2.74 bits per heavy atom. The average molecular weight is 274 g/mol. The van der Waals surface area contributed by atoms with Crippen LogP contribution in [0.15, 0.2) is 36.7 Å². The van der Waals surface area contributed by atoms with E-state index in [4.69, 9.17) is 17.3 Å². The van der Waals surface area contributed by atoms with Gasteiger partial charge in [0.15, 0.2) is 0 Å². The lowest BCUT2D eigenvalue weighted by Gasteiger charge is -2.11. The zero-order valence-corrected chi connectivity index (χ0v) is 10.9.